The molecule has 3 rings (SSSR count). The van der Waals surface area contributed by atoms with Gasteiger partial charge < -0.3 is 10.6 Å². The summed E-state index contributed by atoms with van der Waals surface area (Å²) in [6.45, 7) is 2.19. The van der Waals surface area contributed by atoms with Crippen LogP contribution >= 0.6 is 0 Å². The van der Waals surface area contributed by atoms with Gasteiger partial charge in [-0.1, -0.05) is 17.9 Å². The standard InChI is InChI=1S/C18H22N2O/c19-10-2-4-14-3-1-5-17(11-14)18(21)20(12-15-6-7-15)13-16-8-9-16/h1,3,5,11,15-16H,6-10,12-13,19H2. The quantitative estimate of drug-likeness (QED) is 0.842. The summed E-state index contributed by atoms with van der Waals surface area (Å²) < 4.78 is 0. The van der Waals surface area contributed by atoms with E-state index in [1.54, 1.807) is 0 Å². The Morgan fingerprint density at radius 2 is 1.86 bits per heavy atom. The molecule has 0 unspecified atom stereocenters. The van der Waals surface area contributed by atoms with Crippen molar-refractivity contribution in [1.29, 1.82) is 0 Å². The third kappa shape index (κ3) is 4.09. The van der Waals surface area contributed by atoms with E-state index in [1.807, 2.05) is 24.3 Å². The van der Waals surface area contributed by atoms with Crippen LogP contribution in [0.3, 0.4) is 0 Å². The van der Waals surface area contributed by atoms with Gasteiger partial charge in [0.25, 0.3) is 5.91 Å². The highest BCUT2D eigenvalue weighted by Gasteiger charge is 2.31. The zero-order valence-electron chi connectivity index (χ0n) is 12.3. The van der Waals surface area contributed by atoms with Crippen molar-refractivity contribution in [3.05, 3.63) is 35.4 Å². The maximum atomic E-state index is 12.8. The second-order valence-corrected chi connectivity index (χ2v) is 6.18. The van der Waals surface area contributed by atoms with Crippen LogP contribution < -0.4 is 5.73 Å². The zero-order valence-corrected chi connectivity index (χ0v) is 12.3. The molecule has 21 heavy (non-hydrogen) atoms. The summed E-state index contributed by atoms with van der Waals surface area (Å²) in [5, 5.41) is 0. The molecular weight excluding hydrogens is 260 g/mol. The number of hydrogen-bond donors (Lipinski definition) is 1. The van der Waals surface area contributed by atoms with Crippen LogP contribution in [0, 0.1) is 23.7 Å². The number of amides is 1. The van der Waals surface area contributed by atoms with Gasteiger partial charge in [0.2, 0.25) is 0 Å². The summed E-state index contributed by atoms with van der Waals surface area (Å²) >= 11 is 0. The average molecular weight is 282 g/mol. The Hall–Kier alpha value is -1.79. The molecule has 110 valence electrons. The minimum Gasteiger partial charge on any atom is -0.338 e. The maximum Gasteiger partial charge on any atom is 0.253 e. The van der Waals surface area contributed by atoms with E-state index in [-0.39, 0.29) is 5.91 Å². The van der Waals surface area contributed by atoms with Crippen molar-refractivity contribution in [2.45, 2.75) is 25.7 Å². The Balaban J connectivity index is 1.73. The van der Waals surface area contributed by atoms with Gasteiger partial charge in [-0.25, -0.2) is 0 Å². The normalized spacial score (nSPS) is 17.0. The molecule has 3 heteroatoms. The second-order valence-electron chi connectivity index (χ2n) is 6.18. The van der Waals surface area contributed by atoms with E-state index < -0.39 is 0 Å². The Morgan fingerprint density at radius 1 is 1.19 bits per heavy atom. The summed E-state index contributed by atoms with van der Waals surface area (Å²) in [5.74, 6) is 7.45. The van der Waals surface area contributed by atoms with Crippen molar-refractivity contribution in [3.8, 4) is 11.8 Å². The molecule has 0 aliphatic heterocycles. The number of carbonyl (C=O) groups excluding carboxylic acids is 1. The van der Waals surface area contributed by atoms with Crippen molar-refractivity contribution in [1.82, 2.24) is 4.90 Å². The number of nitrogens with two attached hydrogens (primary N) is 1. The van der Waals surface area contributed by atoms with Gasteiger partial charge in [0.1, 0.15) is 0 Å². The lowest BCUT2D eigenvalue weighted by molar-refractivity contribution is 0.0739. The topological polar surface area (TPSA) is 46.3 Å². The first kappa shape index (κ1) is 14.2. The van der Waals surface area contributed by atoms with Gasteiger partial charge in [0.15, 0.2) is 0 Å². The molecule has 0 spiro atoms. The SMILES string of the molecule is NCC#Cc1cccc(C(=O)N(CC2CC2)CC2CC2)c1. The fourth-order valence-corrected chi connectivity index (χ4v) is 2.53. The van der Waals surface area contributed by atoms with Crippen molar-refractivity contribution in [2.24, 2.45) is 17.6 Å². The van der Waals surface area contributed by atoms with Crippen LogP contribution in [0.1, 0.15) is 41.6 Å². The fourth-order valence-electron chi connectivity index (χ4n) is 2.53. The summed E-state index contributed by atoms with van der Waals surface area (Å²) in [6, 6.07) is 7.60. The molecule has 0 bridgehead atoms. The van der Waals surface area contributed by atoms with Crippen LogP contribution in [0.15, 0.2) is 24.3 Å². The fraction of sp³-hybridized carbons (Fsp3) is 0.500. The van der Waals surface area contributed by atoms with Gasteiger partial charge in [-0.2, -0.15) is 0 Å². The monoisotopic (exact) mass is 282 g/mol. The van der Waals surface area contributed by atoms with Crippen LogP contribution in [-0.4, -0.2) is 30.4 Å². The molecule has 2 saturated carbocycles. The highest BCUT2D eigenvalue weighted by atomic mass is 16.2. The van der Waals surface area contributed by atoms with Gasteiger partial charge in [-0.05, 0) is 55.7 Å². The van der Waals surface area contributed by atoms with E-state index >= 15 is 0 Å². The van der Waals surface area contributed by atoms with Gasteiger partial charge in [0.05, 0.1) is 6.54 Å². The van der Waals surface area contributed by atoms with E-state index in [1.165, 1.54) is 25.7 Å². The minimum atomic E-state index is 0.158. The maximum absolute atomic E-state index is 12.8. The number of carbonyl (C=O) groups is 1. The van der Waals surface area contributed by atoms with Crippen LogP contribution in [0.4, 0.5) is 0 Å². The number of benzene rings is 1. The molecule has 2 fully saturated rings. The molecule has 0 atom stereocenters. The third-order valence-corrected chi connectivity index (χ3v) is 4.08. The molecule has 1 amide bonds. The lowest BCUT2D eigenvalue weighted by atomic mass is 10.1. The Labute approximate surface area is 126 Å². The summed E-state index contributed by atoms with van der Waals surface area (Å²) in [6.07, 6.45) is 5.10. The molecular formula is C18H22N2O. The molecule has 0 heterocycles. The highest BCUT2D eigenvalue weighted by molar-refractivity contribution is 5.94. The molecule has 1 aromatic rings. The number of rotatable bonds is 5. The first-order valence-electron chi connectivity index (χ1n) is 7.84. The van der Waals surface area contributed by atoms with Crippen molar-refractivity contribution >= 4 is 5.91 Å². The highest BCUT2D eigenvalue weighted by Crippen LogP contribution is 2.34. The van der Waals surface area contributed by atoms with Gasteiger partial charge >= 0.3 is 0 Å². The predicted octanol–water partition coefficient (Wildman–Crippen LogP) is 2.26. The van der Waals surface area contributed by atoms with Crippen LogP contribution in [0.2, 0.25) is 0 Å². The Bertz CT molecular complexity index is 562. The van der Waals surface area contributed by atoms with Gasteiger partial charge in [0, 0.05) is 24.2 Å². The number of hydrogen-bond acceptors (Lipinski definition) is 2. The van der Waals surface area contributed by atoms with Crippen molar-refractivity contribution < 1.29 is 4.79 Å². The molecule has 0 radical (unpaired) electrons. The van der Waals surface area contributed by atoms with E-state index in [0.29, 0.717) is 6.54 Å². The average Bonchev–Trinajstić information content (AvgIpc) is 3.39. The van der Waals surface area contributed by atoms with Gasteiger partial charge in [-0.15, -0.1) is 0 Å². The smallest absolute Gasteiger partial charge is 0.253 e. The Kier molecular flexibility index (Phi) is 4.26. The van der Waals surface area contributed by atoms with Crippen molar-refractivity contribution in [3.63, 3.8) is 0 Å². The molecule has 2 N–H and O–H groups in total. The van der Waals surface area contributed by atoms with E-state index in [9.17, 15) is 4.79 Å². The molecule has 3 nitrogen and oxygen atoms in total. The van der Waals surface area contributed by atoms with Crippen LogP contribution in [0.25, 0.3) is 0 Å². The summed E-state index contributed by atoms with van der Waals surface area (Å²) in [7, 11) is 0. The van der Waals surface area contributed by atoms with Crippen LogP contribution in [0.5, 0.6) is 0 Å². The Morgan fingerprint density at radius 3 is 2.43 bits per heavy atom. The minimum absolute atomic E-state index is 0.158. The first-order valence-corrected chi connectivity index (χ1v) is 7.84. The van der Waals surface area contributed by atoms with E-state index in [4.69, 9.17) is 5.73 Å². The molecule has 2 aliphatic carbocycles. The van der Waals surface area contributed by atoms with E-state index in [0.717, 1.165) is 36.1 Å². The van der Waals surface area contributed by atoms with E-state index in [2.05, 4.69) is 16.7 Å². The number of nitrogens with zero attached hydrogens (tertiary/aromatic N) is 1. The van der Waals surface area contributed by atoms with Crippen molar-refractivity contribution in [2.75, 3.05) is 19.6 Å². The van der Waals surface area contributed by atoms with Gasteiger partial charge in [-0.3, -0.25) is 4.79 Å². The summed E-state index contributed by atoms with van der Waals surface area (Å²) in [4.78, 5) is 14.8. The largest absolute Gasteiger partial charge is 0.338 e. The first-order chi connectivity index (χ1) is 10.3. The lowest BCUT2D eigenvalue weighted by Crippen LogP contribution is -2.34. The third-order valence-electron chi connectivity index (χ3n) is 4.08. The van der Waals surface area contributed by atoms with Crippen LogP contribution in [-0.2, 0) is 0 Å². The zero-order chi connectivity index (χ0) is 14.7. The molecule has 0 saturated heterocycles. The summed E-state index contributed by atoms with van der Waals surface area (Å²) in [5.41, 5.74) is 7.01. The molecule has 2 aliphatic rings. The molecule has 1 aromatic carbocycles. The predicted molar refractivity (Wildman–Crippen MR) is 83.7 cm³/mol. The lowest BCUT2D eigenvalue weighted by Gasteiger charge is -2.22. The molecule has 0 aromatic heterocycles. The second kappa shape index (κ2) is 6.32.